The van der Waals surface area contributed by atoms with Gasteiger partial charge < -0.3 is 15.6 Å². The van der Waals surface area contributed by atoms with Crippen molar-refractivity contribution in [3.05, 3.63) is 59.7 Å². The Balaban J connectivity index is 1.54. The normalized spacial score (nSPS) is 14.6. The number of hydrogen-bond acceptors (Lipinski definition) is 4. The molecule has 1 aromatic heterocycles. The van der Waals surface area contributed by atoms with Crippen molar-refractivity contribution in [1.29, 1.82) is 0 Å². The zero-order chi connectivity index (χ0) is 25.0. The number of halogens is 3. The Bertz CT molecular complexity index is 1200. The summed E-state index contributed by atoms with van der Waals surface area (Å²) >= 11 is 0. The summed E-state index contributed by atoms with van der Waals surface area (Å²) in [6, 6.07) is 12.6. The molecular weight excluding hydrogens is 459 g/mol. The standard InChI is InChI=1S/C26H26F3N3O3/c27-26(28,29)21-14-18(16-4-2-1-3-5-16)8-11-20(21)22-15-23(35-32-22)17-6-9-19(10-7-17)31-25(34)13-12-24(30)33/h6-11,14-16H,1-5,12-13H2,(H2,30,33)(H,31,34). The molecule has 3 aromatic rings. The summed E-state index contributed by atoms with van der Waals surface area (Å²) in [6.07, 6.45) is 0.430. The van der Waals surface area contributed by atoms with Gasteiger partial charge in [0.2, 0.25) is 11.8 Å². The Morgan fingerprint density at radius 3 is 2.37 bits per heavy atom. The Kier molecular flexibility index (Phi) is 7.23. The lowest BCUT2D eigenvalue weighted by Gasteiger charge is -2.23. The van der Waals surface area contributed by atoms with E-state index in [1.54, 1.807) is 30.3 Å². The van der Waals surface area contributed by atoms with E-state index in [1.165, 1.54) is 18.2 Å². The molecule has 0 saturated heterocycles. The highest BCUT2D eigenvalue weighted by molar-refractivity contribution is 5.93. The number of nitrogens with zero attached hydrogens (tertiary/aromatic N) is 1. The highest BCUT2D eigenvalue weighted by Gasteiger charge is 2.35. The molecule has 3 N–H and O–H groups in total. The Hall–Kier alpha value is -3.62. The van der Waals surface area contributed by atoms with Crippen LogP contribution in [-0.4, -0.2) is 17.0 Å². The van der Waals surface area contributed by atoms with E-state index in [0.717, 1.165) is 37.7 Å². The molecule has 0 atom stereocenters. The minimum atomic E-state index is -4.52. The molecule has 1 saturated carbocycles. The zero-order valence-corrected chi connectivity index (χ0v) is 19.0. The Morgan fingerprint density at radius 1 is 1.00 bits per heavy atom. The van der Waals surface area contributed by atoms with Crippen LogP contribution in [0.25, 0.3) is 22.6 Å². The first-order valence-corrected chi connectivity index (χ1v) is 11.6. The van der Waals surface area contributed by atoms with Gasteiger partial charge in [-0.05, 0) is 54.7 Å². The highest BCUT2D eigenvalue weighted by atomic mass is 19.4. The van der Waals surface area contributed by atoms with Crippen molar-refractivity contribution < 1.29 is 27.3 Å². The minimum absolute atomic E-state index is 0.0228. The van der Waals surface area contributed by atoms with Gasteiger partial charge in [0.1, 0.15) is 5.69 Å². The number of benzene rings is 2. The number of carbonyl (C=O) groups excluding carboxylic acids is 2. The fraction of sp³-hybridized carbons (Fsp3) is 0.346. The van der Waals surface area contributed by atoms with E-state index in [0.29, 0.717) is 17.0 Å². The van der Waals surface area contributed by atoms with Gasteiger partial charge in [-0.25, -0.2) is 0 Å². The first-order chi connectivity index (χ1) is 16.7. The maximum absolute atomic E-state index is 13.9. The van der Waals surface area contributed by atoms with Gasteiger partial charge in [-0.1, -0.05) is 36.6 Å². The van der Waals surface area contributed by atoms with Crippen molar-refractivity contribution in [2.75, 3.05) is 5.32 Å². The number of primary amides is 1. The molecule has 1 heterocycles. The maximum Gasteiger partial charge on any atom is 0.417 e. The molecule has 2 amide bonds. The molecule has 4 rings (SSSR count). The third-order valence-electron chi connectivity index (χ3n) is 6.26. The number of rotatable bonds is 7. The lowest BCUT2D eigenvalue weighted by Crippen LogP contribution is -2.17. The Labute approximate surface area is 200 Å². The van der Waals surface area contributed by atoms with Crippen LogP contribution >= 0.6 is 0 Å². The minimum Gasteiger partial charge on any atom is -0.370 e. The van der Waals surface area contributed by atoms with E-state index in [-0.39, 0.29) is 35.9 Å². The number of nitrogens with two attached hydrogens (primary N) is 1. The number of hydrogen-bond donors (Lipinski definition) is 2. The van der Waals surface area contributed by atoms with Crippen LogP contribution in [0.2, 0.25) is 0 Å². The molecule has 184 valence electrons. The summed E-state index contributed by atoms with van der Waals surface area (Å²) in [5, 5.41) is 6.55. The van der Waals surface area contributed by atoms with Crippen LogP contribution in [0.1, 0.15) is 62.0 Å². The second-order valence-electron chi connectivity index (χ2n) is 8.81. The maximum atomic E-state index is 13.9. The number of amides is 2. The lowest BCUT2D eigenvalue weighted by molar-refractivity contribution is -0.137. The van der Waals surface area contributed by atoms with Gasteiger partial charge in [0.15, 0.2) is 5.76 Å². The molecule has 0 aliphatic heterocycles. The predicted molar refractivity (Wildman–Crippen MR) is 125 cm³/mol. The van der Waals surface area contributed by atoms with Gasteiger partial charge in [0, 0.05) is 35.7 Å². The molecule has 1 aliphatic carbocycles. The topological polar surface area (TPSA) is 98.2 Å². The average molecular weight is 486 g/mol. The summed E-state index contributed by atoms with van der Waals surface area (Å²) in [5.74, 6) is -0.457. The summed E-state index contributed by atoms with van der Waals surface area (Å²) < 4.78 is 47.2. The van der Waals surface area contributed by atoms with Crippen LogP contribution < -0.4 is 11.1 Å². The molecule has 0 spiro atoms. The van der Waals surface area contributed by atoms with Crippen molar-refractivity contribution in [2.24, 2.45) is 5.73 Å². The second kappa shape index (κ2) is 10.3. The van der Waals surface area contributed by atoms with E-state index in [4.69, 9.17) is 10.3 Å². The summed E-state index contributed by atoms with van der Waals surface area (Å²) in [5.41, 5.74) is 6.22. The monoisotopic (exact) mass is 485 g/mol. The lowest BCUT2D eigenvalue weighted by atomic mass is 9.83. The van der Waals surface area contributed by atoms with Gasteiger partial charge in [-0.3, -0.25) is 9.59 Å². The van der Waals surface area contributed by atoms with Crippen molar-refractivity contribution >= 4 is 17.5 Å². The third-order valence-corrected chi connectivity index (χ3v) is 6.26. The van der Waals surface area contributed by atoms with Gasteiger partial charge in [-0.15, -0.1) is 0 Å². The number of carbonyl (C=O) groups is 2. The van der Waals surface area contributed by atoms with Crippen LogP contribution in [0.15, 0.2) is 53.1 Å². The summed E-state index contributed by atoms with van der Waals surface area (Å²) in [4.78, 5) is 22.6. The summed E-state index contributed by atoms with van der Waals surface area (Å²) in [6.45, 7) is 0. The van der Waals surface area contributed by atoms with E-state index in [9.17, 15) is 22.8 Å². The average Bonchev–Trinajstić information content (AvgIpc) is 3.33. The number of alkyl halides is 3. The second-order valence-corrected chi connectivity index (χ2v) is 8.81. The molecule has 6 nitrogen and oxygen atoms in total. The molecule has 0 unspecified atom stereocenters. The van der Waals surface area contributed by atoms with Crippen LogP contribution in [-0.2, 0) is 15.8 Å². The number of anilines is 1. The van der Waals surface area contributed by atoms with Crippen LogP contribution in [0.4, 0.5) is 18.9 Å². The van der Waals surface area contributed by atoms with Gasteiger partial charge in [0.25, 0.3) is 0 Å². The smallest absolute Gasteiger partial charge is 0.370 e. The zero-order valence-electron chi connectivity index (χ0n) is 19.0. The molecule has 1 fully saturated rings. The molecular formula is C26H26F3N3O3. The van der Waals surface area contributed by atoms with E-state index >= 15 is 0 Å². The fourth-order valence-electron chi connectivity index (χ4n) is 4.43. The quantitative estimate of drug-likeness (QED) is 0.412. The van der Waals surface area contributed by atoms with Gasteiger partial charge in [0.05, 0.1) is 5.56 Å². The van der Waals surface area contributed by atoms with Crippen LogP contribution in [0.3, 0.4) is 0 Å². The highest BCUT2D eigenvalue weighted by Crippen LogP contribution is 2.41. The first kappa shape index (κ1) is 24.5. The van der Waals surface area contributed by atoms with Crippen LogP contribution in [0.5, 0.6) is 0 Å². The molecule has 1 aliphatic rings. The molecule has 35 heavy (non-hydrogen) atoms. The number of aromatic nitrogens is 1. The largest absolute Gasteiger partial charge is 0.417 e. The predicted octanol–water partition coefficient (Wildman–Crippen LogP) is 6.28. The van der Waals surface area contributed by atoms with E-state index in [1.807, 2.05) is 0 Å². The van der Waals surface area contributed by atoms with E-state index in [2.05, 4.69) is 10.5 Å². The van der Waals surface area contributed by atoms with Crippen molar-refractivity contribution in [2.45, 2.75) is 57.0 Å². The van der Waals surface area contributed by atoms with Gasteiger partial charge in [-0.2, -0.15) is 13.2 Å². The molecule has 0 bridgehead atoms. The van der Waals surface area contributed by atoms with Crippen molar-refractivity contribution in [1.82, 2.24) is 5.16 Å². The van der Waals surface area contributed by atoms with Crippen LogP contribution in [0, 0.1) is 0 Å². The summed E-state index contributed by atoms with van der Waals surface area (Å²) in [7, 11) is 0. The SMILES string of the molecule is NC(=O)CCC(=O)Nc1ccc(-c2cc(-c3ccc(C4CCCCC4)cc3C(F)(F)F)no2)cc1. The Morgan fingerprint density at radius 2 is 1.71 bits per heavy atom. The molecule has 0 radical (unpaired) electrons. The molecule has 9 heteroatoms. The van der Waals surface area contributed by atoms with Crippen molar-refractivity contribution in [3.63, 3.8) is 0 Å². The third kappa shape index (κ3) is 6.09. The van der Waals surface area contributed by atoms with E-state index < -0.39 is 17.6 Å². The van der Waals surface area contributed by atoms with Gasteiger partial charge >= 0.3 is 6.18 Å². The van der Waals surface area contributed by atoms with Crippen molar-refractivity contribution in [3.8, 4) is 22.6 Å². The molecule has 2 aromatic carbocycles. The fourth-order valence-corrected chi connectivity index (χ4v) is 4.43. The number of nitrogens with one attached hydrogen (secondary N) is 1. The first-order valence-electron chi connectivity index (χ1n) is 11.6.